The topological polar surface area (TPSA) is 6.48 Å². The van der Waals surface area contributed by atoms with Crippen molar-refractivity contribution in [1.29, 1.82) is 0 Å². The fourth-order valence-electron chi connectivity index (χ4n) is 5.41. The summed E-state index contributed by atoms with van der Waals surface area (Å²) in [6, 6.07) is 10.6. The smallest absolute Gasteiger partial charge is 0.0569 e. The van der Waals surface area contributed by atoms with Crippen LogP contribution in [0.25, 0.3) is 0 Å². The van der Waals surface area contributed by atoms with Crippen LogP contribution < -0.4 is 4.90 Å². The number of hydrogen-bond donors (Lipinski definition) is 0. The molecule has 20 heavy (non-hydrogen) atoms. The molecule has 4 aliphatic rings. The number of nitrogens with zero attached hydrogens (tertiary/aromatic N) is 2. The zero-order valence-corrected chi connectivity index (χ0v) is 12.1. The molecule has 1 aromatic rings. The number of hydrogen-bond acceptors (Lipinski definition) is 2. The number of para-hydroxylation sites is 1. The first-order valence-electron chi connectivity index (χ1n) is 8.15. The normalized spacial score (nSPS) is 38.2. The maximum absolute atomic E-state index is 2.79. The molecule has 2 nitrogen and oxygen atoms in total. The lowest BCUT2D eigenvalue weighted by molar-refractivity contribution is 0.0489. The summed E-state index contributed by atoms with van der Waals surface area (Å²) in [5.41, 5.74) is 4.59. The fourth-order valence-corrected chi connectivity index (χ4v) is 5.41. The van der Waals surface area contributed by atoms with Crippen molar-refractivity contribution < 1.29 is 0 Å². The molecule has 104 valence electrons. The molecule has 2 heteroatoms. The van der Waals surface area contributed by atoms with E-state index < -0.39 is 0 Å². The van der Waals surface area contributed by atoms with Crippen LogP contribution in [0.2, 0.25) is 0 Å². The Bertz CT molecular complexity index is 591. The minimum atomic E-state index is 0.705. The molecule has 3 unspecified atom stereocenters. The van der Waals surface area contributed by atoms with Crippen LogP contribution in [0.4, 0.5) is 5.69 Å². The molecule has 1 aromatic carbocycles. The molecule has 0 aromatic heterocycles. The Kier molecular flexibility index (Phi) is 2.21. The molecule has 4 heterocycles. The molecule has 0 aliphatic carbocycles. The van der Waals surface area contributed by atoms with Crippen LogP contribution in [0.5, 0.6) is 0 Å². The maximum Gasteiger partial charge on any atom is 0.0569 e. The SMILES string of the molecule is CC1=CC2CCCN3CCC4c5ccccc5N1C4[C@H]23. The van der Waals surface area contributed by atoms with Gasteiger partial charge in [0.2, 0.25) is 0 Å². The Balaban J connectivity index is 1.71. The first-order chi connectivity index (χ1) is 9.84. The highest BCUT2D eigenvalue weighted by Crippen LogP contribution is 2.53. The Morgan fingerprint density at radius 1 is 1.05 bits per heavy atom. The van der Waals surface area contributed by atoms with Crippen molar-refractivity contribution in [3.8, 4) is 0 Å². The highest BCUT2D eigenvalue weighted by atomic mass is 15.3. The lowest BCUT2D eigenvalue weighted by Crippen LogP contribution is -2.62. The quantitative estimate of drug-likeness (QED) is 0.710. The van der Waals surface area contributed by atoms with E-state index in [1.165, 1.54) is 43.7 Å². The Labute approximate surface area is 121 Å². The molecular weight excluding hydrogens is 244 g/mol. The Morgan fingerprint density at radius 2 is 1.95 bits per heavy atom. The number of allylic oxidation sites excluding steroid dienone is 1. The molecule has 2 fully saturated rings. The van der Waals surface area contributed by atoms with Crippen molar-refractivity contribution in [1.82, 2.24) is 4.90 Å². The van der Waals surface area contributed by atoms with Crippen LogP contribution in [-0.2, 0) is 0 Å². The molecule has 0 amide bonds. The molecule has 0 spiro atoms. The van der Waals surface area contributed by atoms with Crippen molar-refractivity contribution in [2.45, 2.75) is 44.2 Å². The molecule has 0 radical (unpaired) electrons. The van der Waals surface area contributed by atoms with Gasteiger partial charge in [0.25, 0.3) is 0 Å². The lowest BCUT2D eigenvalue weighted by Gasteiger charge is -2.54. The van der Waals surface area contributed by atoms with Crippen molar-refractivity contribution in [3.05, 3.63) is 41.6 Å². The van der Waals surface area contributed by atoms with Crippen LogP contribution in [0, 0.1) is 5.92 Å². The van der Waals surface area contributed by atoms with E-state index in [0.717, 1.165) is 17.9 Å². The zero-order chi connectivity index (χ0) is 13.3. The Hall–Kier alpha value is -1.28. The van der Waals surface area contributed by atoms with Gasteiger partial charge < -0.3 is 4.90 Å². The van der Waals surface area contributed by atoms with Gasteiger partial charge in [-0.3, -0.25) is 4.90 Å². The van der Waals surface area contributed by atoms with E-state index in [-0.39, 0.29) is 0 Å². The van der Waals surface area contributed by atoms with Gasteiger partial charge in [0.05, 0.1) is 6.04 Å². The summed E-state index contributed by atoms with van der Waals surface area (Å²) in [6.45, 7) is 4.95. The van der Waals surface area contributed by atoms with Crippen LogP contribution >= 0.6 is 0 Å². The second-order valence-electron chi connectivity index (χ2n) is 6.96. The van der Waals surface area contributed by atoms with Crippen molar-refractivity contribution >= 4 is 5.69 Å². The largest absolute Gasteiger partial charge is 0.340 e. The second kappa shape index (κ2) is 3.88. The molecule has 0 bridgehead atoms. The van der Waals surface area contributed by atoms with Crippen molar-refractivity contribution in [2.75, 3.05) is 18.0 Å². The number of fused-ring (bicyclic) bond motifs is 3. The van der Waals surface area contributed by atoms with Crippen molar-refractivity contribution in [2.24, 2.45) is 5.92 Å². The predicted octanol–water partition coefficient (Wildman–Crippen LogP) is 3.36. The third kappa shape index (κ3) is 1.28. The average Bonchev–Trinajstić information content (AvgIpc) is 2.82. The minimum Gasteiger partial charge on any atom is -0.340 e. The molecular formula is C18H22N2. The van der Waals surface area contributed by atoms with Gasteiger partial charge in [-0.25, -0.2) is 0 Å². The summed E-state index contributed by atoms with van der Waals surface area (Å²) in [5, 5.41) is 0. The minimum absolute atomic E-state index is 0.705. The third-order valence-corrected chi connectivity index (χ3v) is 6.06. The van der Waals surface area contributed by atoms with Gasteiger partial charge in [0.1, 0.15) is 0 Å². The Morgan fingerprint density at radius 3 is 2.90 bits per heavy atom. The average molecular weight is 266 g/mol. The van der Waals surface area contributed by atoms with Crippen molar-refractivity contribution in [3.63, 3.8) is 0 Å². The molecule has 2 saturated heterocycles. The number of anilines is 1. The van der Waals surface area contributed by atoms with E-state index in [1.54, 1.807) is 5.56 Å². The summed E-state index contributed by atoms with van der Waals surface area (Å²) in [5.74, 6) is 1.55. The van der Waals surface area contributed by atoms with Gasteiger partial charge in [0, 0.05) is 23.3 Å². The van der Waals surface area contributed by atoms with Gasteiger partial charge in [-0.15, -0.1) is 0 Å². The first-order valence-corrected chi connectivity index (χ1v) is 8.15. The maximum atomic E-state index is 2.79. The van der Waals surface area contributed by atoms with E-state index in [4.69, 9.17) is 0 Å². The number of piperidine rings is 2. The van der Waals surface area contributed by atoms with Gasteiger partial charge in [0.15, 0.2) is 0 Å². The van der Waals surface area contributed by atoms with Crippen LogP contribution in [0.3, 0.4) is 0 Å². The molecule has 0 saturated carbocycles. The third-order valence-electron chi connectivity index (χ3n) is 6.06. The molecule has 4 aliphatic heterocycles. The standard InChI is InChI=1S/C18H22N2/c1-12-11-13-5-4-9-19-10-8-15-14-6-2-3-7-16(14)20(12)18(15)17(13)19/h2-3,6-7,11,13,15,17-18H,4-5,8-10H2,1H3/t13?,15?,17-,18?/m0/s1. The lowest BCUT2D eigenvalue weighted by atomic mass is 9.73. The number of benzene rings is 1. The molecule has 0 N–H and O–H groups in total. The van der Waals surface area contributed by atoms with E-state index in [0.29, 0.717) is 6.04 Å². The summed E-state index contributed by atoms with van der Waals surface area (Å²) >= 11 is 0. The summed E-state index contributed by atoms with van der Waals surface area (Å²) in [7, 11) is 0. The summed E-state index contributed by atoms with van der Waals surface area (Å²) in [6.07, 6.45) is 6.69. The zero-order valence-electron chi connectivity index (χ0n) is 12.1. The van der Waals surface area contributed by atoms with Crippen LogP contribution in [-0.4, -0.2) is 30.1 Å². The highest BCUT2D eigenvalue weighted by molar-refractivity contribution is 5.67. The van der Waals surface area contributed by atoms with Gasteiger partial charge in [-0.2, -0.15) is 0 Å². The predicted molar refractivity (Wildman–Crippen MR) is 81.9 cm³/mol. The van der Waals surface area contributed by atoms with Crippen LogP contribution in [0.15, 0.2) is 36.0 Å². The van der Waals surface area contributed by atoms with E-state index in [9.17, 15) is 0 Å². The number of rotatable bonds is 0. The van der Waals surface area contributed by atoms with Crippen LogP contribution in [0.1, 0.15) is 37.7 Å². The summed E-state index contributed by atoms with van der Waals surface area (Å²) < 4.78 is 0. The first kappa shape index (κ1) is 11.4. The highest BCUT2D eigenvalue weighted by Gasteiger charge is 2.52. The molecule has 4 atom stereocenters. The van der Waals surface area contributed by atoms with Gasteiger partial charge >= 0.3 is 0 Å². The van der Waals surface area contributed by atoms with E-state index in [2.05, 4.69) is 47.1 Å². The monoisotopic (exact) mass is 266 g/mol. The van der Waals surface area contributed by atoms with E-state index in [1.807, 2.05) is 0 Å². The summed E-state index contributed by atoms with van der Waals surface area (Å²) in [4.78, 5) is 5.45. The molecule has 5 rings (SSSR count). The van der Waals surface area contributed by atoms with E-state index >= 15 is 0 Å². The van der Waals surface area contributed by atoms with Gasteiger partial charge in [-0.05, 0) is 56.8 Å². The second-order valence-corrected chi connectivity index (χ2v) is 6.96. The fraction of sp³-hybridized carbons (Fsp3) is 0.556. The van der Waals surface area contributed by atoms with Gasteiger partial charge in [-0.1, -0.05) is 24.3 Å².